The first-order valence-corrected chi connectivity index (χ1v) is 11.3. The summed E-state index contributed by atoms with van der Waals surface area (Å²) in [6, 6.07) is 18.0. The normalized spacial score (nSPS) is 11.1. The van der Waals surface area contributed by atoms with Gasteiger partial charge in [-0.2, -0.15) is 0 Å². The Hall–Kier alpha value is -4.41. The van der Waals surface area contributed by atoms with Crippen molar-refractivity contribution < 1.29 is 19.6 Å². The summed E-state index contributed by atoms with van der Waals surface area (Å²) >= 11 is 0. The van der Waals surface area contributed by atoms with Gasteiger partial charge in [0.05, 0.1) is 18.2 Å². The Kier molecular flexibility index (Phi) is 6.05. The van der Waals surface area contributed by atoms with Crippen LogP contribution < -0.4 is 21.3 Å². The predicted molar refractivity (Wildman–Crippen MR) is 140 cm³/mol. The van der Waals surface area contributed by atoms with Crippen LogP contribution in [0.1, 0.15) is 21.6 Å². The minimum Gasteiger partial charge on any atom is -0.494 e. The number of amides is 1. The summed E-state index contributed by atoms with van der Waals surface area (Å²) in [6.07, 6.45) is 0. The SMILES string of the molecule is COc1cccc2c(NCc3cccc(B(O)O)c3)nc(-c3c(C)[nH]c4c(C(N)=O)cccc34)nc12. The van der Waals surface area contributed by atoms with E-state index in [4.69, 9.17) is 20.4 Å². The van der Waals surface area contributed by atoms with E-state index in [9.17, 15) is 14.8 Å². The van der Waals surface area contributed by atoms with Gasteiger partial charge in [0, 0.05) is 28.6 Å². The first-order valence-electron chi connectivity index (χ1n) is 11.3. The molecule has 10 heteroatoms. The number of rotatable bonds is 7. The first kappa shape index (κ1) is 23.3. The molecular weight excluding hydrogens is 457 g/mol. The number of benzene rings is 3. The summed E-state index contributed by atoms with van der Waals surface area (Å²) < 4.78 is 5.59. The Morgan fingerprint density at radius 3 is 2.58 bits per heavy atom. The number of aryl methyl sites for hydroxylation is 1. The van der Waals surface area contributed by atoms with Gasteiger partial charge in [-0.1, -0.05) is 42.5 Å². The molecule has 0 spiro atoms. The van der Waals surface area contributed by atoms with Crippen molar-refractivity contribution in [1.82, 2.24) is 15.0 Å². The number of nitrogens with two attached hydrogens (primary N) is 1. The number of carbonyl (C=O) groups is 1. The zero-order chi connectivity index (χ0) is 25.4. The number of nitrogens with zero attached hydrogens (tertiary/aromatic N) is 2. The van der Waals surface area contributed by atoms with Crippen molar-refractivity contribution in [3.8, 4) is 17.1 Å². The van der Waals surface area contributed by atoms with E-state index in [1.807, 2.05) is 37.3 Å². The van der Waals surface area contributed by atoms with Crippen LogP contribution in [-0.4, -0.2) is 45.1 Å². The lowest BCUT2D eigenvalue weighted by atomic mass is 9.80. The van der Waals surface area contributed by atoms with Crippen LogP contribution in [0.25, 0.3) is 33.2 Å². The van der Waals surface area contributed by atoms with E-state index in [-0.39, 0.29) is 0 Å². The van der Waals surface area contributed by atoms with Crippen molar-refractivity contribution in [1.29, 1.82) is 0 Å². The Balaban J connectivity index is 1.66. The second-order valence-electron chi connectivity index (χ2n) is 8.44. The van der Waals surface area contributed by atoms with Gasteiger partial charge in [0.2, 0.25) is 0 Å². The molecule has 2 heterocycles. The van der Waals surface area contributed by atoms with E-state index in [0.29, 0.717) is 46.0 Å². The maximum atomic E-state index is 12.0. The number of anilines is 1. The maximum Gasteiger partial charge on any atom is 0.488 e. The fourth-order valence-corrected chi connectivity index (χ4v) is 4.43. The number of H-pyrrole nitrogens is 1. The van der Waals surface area contributed by atoms with Gasteiger partial charge in [-0.3, -0.25) is 4.79 Å². The van der Waals surface area contributed by atoms with Gasteiger partial charge in [0.25, 0.3) is 5.91 Å². The van der Waals surface area contributed by atoms with Gasteiger partial charge >= 0.3 is 7.12 Å². The topological polar surface area (TPSA) is 146 Å². The van der Waals surface area contributed by atoms with Crippen LogP contribution in [0.15, 0.2) is 60.7 Å². The highest BCUT2D eigenvalue weighted by Crippen LogP contribution is 2.36. The van der Waals surface area contributed by atoms with Crippen molar-refractivity contribution in [2.24, 2.45) is 5.73 Å². The van der Waals surface area contributed by atoms with Crippen LogP contribution in [0, 0.1) is 6.92 Å². The Morgan fingerprint density at radius 2 is 1.83 bits per heavy atom. The molecule has 0 bridgehead atoms. The van der Waals surface area contributed by atoms with Gasteiger partial charge in [0.15, 0.2) is 5.82 Å². The Bertz CT molecular complexity index is 1620. The monoisotopic (exact) mass is 481 g/mol. The number of hydrogen-bond acceptors (Lipinski definition) is 7. The molecule has 0 aliphatic heterocycles. The van der Waals surface area contributed by atoms with Crippen LogP contribution in [0.5, 0.6) is 5.75 Å². The number of para-hydroxylation sites is 2. The molecule has 2 aromatic heterocycles. The van der Waals surface area contributed by atoms with Crippen LogP contribution in [-0.2, 0) is 6.54 Å². The minimum absolute atomic E-state index is 0.391. The molecule has 9 nitrogen and oxygen atoms in total. The molecule has 5 aromatic rings. The molecule has 0 aliphatic rings. The molecule has 0 fully saturated rings. The number of aromatic nitrogens is 3. The van der Waals surface area contributed by atoms with E-state index in [1.165, 1.54) is 0 Å². The molecule has 0 atom stereocenters. The van der Waals surface area contributed by atoms with Crippen molar-refractivity contribution >= 4 is 46.1 Å². The van der Waals surface area contributed by atoms with Crippen LogP contribution in [0.3, 0.4) is 0 Å². The van der Waals surface area contributed by atoms with Gasteiger partial charge in [-0.25, -0.2) is 9.97 Å². The zero-order valence-corrected chi connectivity index (χ0v) is 19.7. The fourth-order valence-electron chi connectivity index (χ4n) is 4.43. The largest absolute Gasteiger partial charge is 0.494 e. The number of carbonyl (C=O) groups excluding carboxylic acids is 1. The van der Waals surface area contributed by atoms with Crippen molar-refractivity contribution in [2.75, 3.05) is 12.4 Å². The van der Waals surface area contributed by atoms with E-state index in [2.05, 4.69) is 10.3 Å². The number of fused-ring (bicyclic) bond motifs is 2. The Labute approximate surface area is 207 Å². The lowest BCUT2D eigenvalue weighted by Crippen LogP contribution is -2.30. The number of primary amides is 1. The average Bonchev–Trinajstić information content (AvgIpc) is 3.22. The predicted octanol–water partition coefficient (Wildman–Crippen LogP) is 2.49. The number of ether oxygens (including phenoxy) is 1. The van der Waals surface area contributed by atoms with E-state index >= 15 is 0 Å². The zero-order valence-electron chi connectivity index (χ0n) is 19.7. The first-order chi connectivity index (χ1) is 17.4. The summed E-state index contributed by atoms with van der Waals surface area (Å²) in [6.45, 7) is 2.29. The maximum absolute atomic E-state index is 12.0. The van der Waals surface area contributed by atoms with E-state index in [1.54, 1.807) is 37.4 Å². The van der Waals surface area contributed by atoms with Crippen LogP contribution >= 0.6 is 0 Å². The molecule has 0 aliphatic carbocycles. The Morgan fingerprint density at radius 1 is 1.08 bits per heavy atom. The molecule has 36 heavy (non-hydrogen) atoms. The van der Waals surface area contributed by atoms with Crippen LogP contribution in [0.4, 0.5) is 5.82 Å². The third-order valence-corrected chi connectivity index (χ3v) is 6.13. The van der Waals surface area contributed by atoms with Crippen molar-refractivity contribution in [3.05, 3.63) is 77.5 Å². The lowest BCUT2D eigenvalue weighted by Gasteiger charge is -2.13. The van der Waals surface area contributed by atoms with Gasteiger partial charge in [-0.15, -0.1) is 0 Å². The summed E-state index contributed by atoms with van der Waals surface area (Å²) in [5.74, 6) is 1.12. The summed E-state index contributed by atoms with van der Waals surface area (Å²) in [4.78, 5) is 25.0. The van der Waals surface area contributed by atoms with Gasteiger partial charge in [-0.05, 0) is 36.1 Å². The summed E-state index contributed by atoms with van der Waals surface area (Å²) in [5.41, 5.74) is 10.1. The summed E-state index contributed by atoms with van der Waals surface area (Å²) in [7, 11) is 0.0432. The number of nitrogens with one attached hydrogen (secondary N) is 2. The van der Waals surface area contributed by atoms with Gasteiger partial charge < -0.3 is 30.8 Å². The standard InChI is InChI=1S/C26H24BN5O4/c1-14-21(17-8-4-9-18(24(28)33)22(17)30-14)26-31-23-19(10-5-11-20(23)36-2)25(32-26)29-13-15-6-3-7-16(12-15)27(34)35/h3-12,30,34-35H,13H2,1-2H3,(H2,28,33)(H,29,31,32). The highest BCUT2D eigenvalue weighted by atomic mass is 16.5. The molecule has 0 radical (unpaired) electrons. The number of methoxy groups -OCH3 is 1. The van der Waals surface area contributed by atoms with Crippen molar-refractivity contribution in [2.45, 2.75) is 13.5 Å². The van der Waals surface area contributed by atoms with E-state index in [0.717, 1.165) is 27.6 Å². The fraction of sp³-hybridized carbons (Fsp3) is 0.115. The molecule has 6 N–H and O–H groups in total. The molecule has 180 valence electrons. The molecule has 3 aromatic carbocycles. The van der Waals surface area contributed by atoms with Crippen molar-refractivity contribution in [3.63, 3.8) is 0 Å². The number of aromatic amines is 1. The molecule has 5 rings (SSSR count). The van der Waals surface area contributed by atoms with Gasteiger partial charge in [0.1, 0.15) is 17.1 Å². The highest BCUT2D eigenvalue weighted by molar-refractivity contribution is 6.58. The third kappa shape index (κ3) is 4.12. The second kappa shape index (κ2) is 9.33. The second-order valence-corrected chi connectivity index (χ2v) is 8.44. The van der Waals surface area contributed by atoms with Crippen LogP contribution in [0.2, 0.25) is 0 Å². The van der Waals surface area contributed by atoms with E-state index < -0.39 is 13.0 Å². The third-order valence-electron chi connectivity index (χ3n) is 6.13. The molecule has 0 saturated heterocycles. The average molecular weight is 481 g/mol. The number of hydrogen-bond donors (Lipinski definition) is 5. The molecule has 0 unspecified atom stereocenters. The minimum atomic E-state index is -1.55. The quantitative estimate of drug-likeness (QED) is 0.225. The highest BCUT2D eigenvalue weighted by Gasteiger charge is 2.20. The molecule has 0 saturated carbocycles. The summed E-state index contributed by atoms with van der Waals surface area (Å²) in [5, 5.41) is 23.9. The molecular formula is C26H24BN5O4. The molecule has 1 amide bonds. The smallest absolute Gasteiger partial charge is 0.488 e. The lowest BCUT2D eigenvalue weighted by molar-refractivity contribution is 0.100.